The van der Waals surface area contributed by atoms with Gasteiger partial charge in [-0.05, 0) is 24.3 Å². The smallest absolute Gasteiger partial charge is 0.357 e. The van der Waals surface area contributed by atoms with Crippen LogP contribution in [0.4, 0.5) is 33.6 Å². The van der Waals surface area contributed by atoms with Gasteiger partial charge in [-0.3, -0.25) is 0 Å². The Morgan fingerprint density at radius 2 is 1.85 bits per heavy atom. The maximum atomic E-state index is 13.8. The van der Waals surface area contributed by atoms with E-state index in [1.807, 2.05) is 0 Å². The molecule has 0 aliphatic heterocycles. The number of benzene rings is 2. The van der Waals surface area contributed by atoms with Crippen molar-refractivity contribution in [2.24, 2.45) is 0 Å². The van der Waals surface area contributed by atoms with Gasteiger partial charge in [-0.25, -0.2) is 18.4 Å². The summed E-state index contributed by atoms with van der Waals surface area (Å²) in [6, 6.07) is 4.82. The first-order chi connectivity index (χ1) is 12.2. The number of hydrogen-bond donors (Lipinski definition) is 3. The molecule has 0 saturated heterocycles. The number of nitrogens with two attached hydrogens (primary N) is 1. The second kappa shape index (κ2) is 6.31. The Labute approximate surface area is 154 Å². The Balaban J connectivity index is 0.00000210. The molecule has 0 radical (unpaired) electrons. The van der Waals surface area contributed by atoms with Crippen LogP contribution < -0.4 is 11.2 Å². The predicted molar refractivity (Wildman–Crippen MR) is 93.6 cm³/mol. The number of rotatable bonds is 2. The quantitative estimate of drug-likeness (QED) is 0.336. The van der Waals surface area contributed by atoms with Gasteiger partial charge in [0.25, 0.3) is 0 Å². The first-order valence-corrected chi connectivity index (χ1v) is 7.32. The van der Waals surface area contributed by atoms with Gasteiger partial charge in [-0.2, -0.15) is 13.2 Å². The highest BCUT2D eigenvalue weighted by atomic mass is 35.5. The van der Waals surface area contributed by atoms with Crippen LogP contribution in [0.25, 0.3) is 21.9 Å². The molecule has 0 aliphatic carbocycles. The van der Waals surface area contributed by atoms with Crippen molar-refractivity contribution >= 4 is 46.0 Å². The number of H-pyrrole nitrogens is 1. The van der Waals surface area contributed by atoms with E-state index in [9.17, 15) is 22.0 Å². The van der Waals surface area contributed by atoms with E-state index >= 15 is 0 Å². The Morgan fingerprint density at radius 1 is 1.11 bits per heavy atom. The molecule has 0 bridgehead atoms. The molecule has 5 nitrogen and oxygen atoms in total. The molecular formula is C16H11ClF5N5. The van der Waals surface area contributed by atoms with Gasteiger partial charge < -0.3 is 16.1 Å². The molecule has 4 aromatic rings. The molecule has 11 heteroatoms. The maximum Gasteiger partial charge on any atom is 0.416 e. The van der Waals surface area contributed by atoms with Gasteiger partial charge >= 0.3 is 6.18 Å². The molecule has 0 amide bonds. The van der Waals surface area contributed by atoms with Crippen LogP contribution in [0.3, 0.4) is 0 Å². The Bertz CT molecular complexity index is 1150. The van der Waals surface area contributed by atoms with Crippen LogP contribution in [-0.4, -0.2) is 14.6 Å². The maximum absolute atomic E-state index is 13.8. The van der Waals surface area contributed by atoms with E-state index in [0.29, 0.717) is 0 Å². The summed E-state index contributed by atoms with van der Waals surface area (Å²) in [5.74, 6) is 4.35. The van der Waals surface area contributed by atoms with Crippen molar-refractivity contribution in [2.45, 2.75) is 6.18 Å². The summed E-state index contributed by atoms with van der Waals surface area (Å²) >= 11 is 0. The van der Waals surface area contributed by atoms with Crippen LogP contribution >= 0.6 is 12.4 Å². The van der Waals surface area contributed by atoms with Crippen molar-refractivity contribution in [2.75, 3.05) is 11.2 Å². The minimum atomic E-state index is -4.51. The third kappa shape index (κ3) is 3.12. The summed E-state index contributed by atoms with van der Waals surface area (Å²) in [6.07, 6.45) is -3.13. The molecule has 0 saturated carbocycles. The number of anilines is 2. The molecule has 0 aliphatic rings. The van der Waals surface area contributed by atoms with Gasteiger partial charge in [0.05, 0.1) is 27.8 Å². The molecule has 2 aromatic carbocycles. The highest BCUT2D eigenvalue weighted by Crippen LogP contribution is 2.33. The van der Waals surface area contributed by atoms with Crippen LogP contribution in [0.5, 0.6) is 0 Å². The van der Waals surface area contributed by atoms with Gasteiger partial charge in [0.1, 0.15) is 11.6 Å². The summed E-state index contributed by atoms with van der Waals surface area (Å²) in [7, 11) is 0. The molecular weight excluding hydrogens is 393 g/mol. The predicted octanol–water partition coefficient (Wildman–Crippen LogP) is 4.69. The number of nitrogen functional groups attached to an aromatic ring is 1. The zero-order valence-electron chi connectivity index (χ0n) is 13.2. The minimum absolute atomic E-state index is 0. The number of nitrogens with zero attached hydrogens (tertiary/aromatic N) is 2. The number of hydrogen-bond acceptors (Lipinski definition) is 3. The summed E-state index contributed by atoms with van der Waals surface area (Å²) in [5, 5.41) is 2.99. The molecule has 2 heterocycles. The number of fused-ring (bicyclic) bond motifs is 2. The number of imidazole rings is 1. The van der Waals surface area contributed by atoms with Crippen molar-refractivity contribution in [1.29, 1.82) is 0 Å². The molecule has 142 valence electrons. The van der Waals surface area contributed by atoms with Gasteiger partial charge in [-0.15, -0.1) is 12.4 Å². The van der Waals surface area contributed by atoms with E-state index in [4.69, 9.17) is 5.84 Å². The van der Waals surface area contributed by atoms with E-state index in [0.717, 1.165) is 28.9 Å². The van der Waals surface area contributed by atoms with Gasteiger partial charge in [0, 0.05) is 17.6 Å². The molecule has 2 aromatic heterocycles. The summed E-state index contributed by atoms with van der Waals surface area (Å²) in [4.78, 5) is 6.69. The number of aromatic amines is 1. The minimum Gasteiger partial charge on any atom is -0.357 e. The van der Waals surface area contributed by atoms with Crippen LogP contribution in [0.15, 0.2) is 36.5 Å². The van der Waals surface area contributed by atoms with E-state index in [2.05, 4.69) is 15.3 Å². The molecule has 4 N–H and O–H groups in total. The van der Waals surface area contributed by atoms with Crippen LogP contribution in [0.2, 0.25) is 0 Å². The fourth-order valence-corrected chi connectivity index (χ4v) is 2.74. The van der Waals surface area contributed by atoms with Crippen LogP contribution in [0.1, 0.15) is 5.56 Å². The largest absolute Gasteiger partial charge is 0.416 e. The standard InChI is InChI=1S/C16H10F5N5.ClH/c17-8-4-9-12(6-23-14(9)10(18)5-8)25-15-24-11-3-7(16(19,20)21)1-2-13(11)26(15)22;/h1-6,23H,22H2,(H,24,25);1H. The second-order valence-corrected chi connectivity index (χ2v) is 5.64. The van der Waals surface area contributed by atoms with E-state index in [-0.39, 0.29) is 46.0 Å². The van der Waals surface area contributed by atoms with Crippen molar-refractivity contribution in [3.05, 3.63) is 53.7 Å². The zero-order valence-corrected chi connectivity index (χ0v) is 14.1. The van der Waals surface area contributed by atoms with E-state index in [1.165, 1.54) is 12.3 Å². The average molecular weight is 404 g/mol. The third-order valence-electron chi connectivity index (χ3n) is 3.97. The normalized spacial score (nSPS) is 11.7. The Morgan fingerprint density at radius 3 is 2.56 bits per heavy atom. The van der Waals surface area contributed by atoms with Crippen LogP contribution in [-0.2, 0) is 6.18 Å². The highest BCUT2D eigenvalue weighted by molar-refractivity contribution is 5.94. The van der Waals surface area contributed by atoms with Gasteiger partial charge in [-0.1, -0.05) is 0 Å². The van der Waals surface area contributed by atoms with Crippen LogP contribution in [0, 0.1) is 11.6 Å². The molecule has 27 heavy (non-hydrogen) atoms. The lowest BCUT2D eigenvalue weighted by molar-refractivity contribution is -0.137. The number of nitrogens with one attached hydrogen (secondary N) is 2. The van der Waals surface area contributed by atoms with Crippen molar-refractivity contribution in [3.63, 3.8) is 0 Å². The first-order valence-electron chi connectivity index (χ1n) is 7.32. The average Bonchev–Trinajstić information content (AvgIpc) is 3.09. The first kappa shape index (κ1) is 18.8. The number of aromatic nitrogens is 3. The zero-order chi connectivity index (χ0) is 18.6. The Hall–Kier alpha value is -3.01. The van der Waals surface area contributed by atoms with Gasteiger partial charge in [0.2, 0.25) is 5.95 Å². The lowest BCUT2D eigenvalue weighted by Crippen LogP contribution is -2.11. The Kier molecular flexibility index (Phi) is 4.38. The lowest BCUT2D eigenvalue weighted by Gasteiger charge is -2.06. The molecule has 0 atom stereocenters. The SMILES string of the molecule is Cl.Nn1c(Nc2c[nH]c3c(F)cc(F)cc23)nc2cc(C(F)(F)F)ccc21. The fourth-order valence-electron chi connectivity index (χ4n) is 2.74. The topological polar surface area (TPSA) is 71.7 Å². The number of halogens is 6. The highest BCUT2D eigenvalue weighted by Gasteiger charge is 2.31. The van der Waals surface area contributed by atoms with Crippen molar-refractivity contribution < 1.29 is 22.0 Å². The van der Waals surface area contributed by atoms with E-state index in [1.54, 1.807) is 0 Å². The molecule has 0 fully saturated rings. The van der Waals surface area contributed by atoms with E-state index < -0.39 is 23.4 Å². The molecule has 0 spiro atoms. The summed E-state index contributed by atoms with van der Waals surface area (Å²) in [5.41, 5.74) is -0.213. The third-order valence-corrected chi connectivity index (χ3v) is 3.97. The van der Waals surface area contributed by atoms with Crippen molar-refractivity contribution in [3.8, 4) is 0 Å². The monoisotopic (exact) mass is 403 g/mol. The lowest BCUT2D eigenvalue weighted by atomic mass is 10.2. The fraction of sp³-hybridized carbons (Fsp3) is 0.0625. The summed E-state index contributed by atoms with van der Waals surface area (Å²) in [6.45, 7) is 0. The molecule has 4 rings (SSSR count). The van der Waals surface area contributed by atoms with Crippen molar-refractivity contribution in [1.82, 2.24) is 14.6 Å². The van der Waals surface area contributed by atoms with Gasteiger partial charge in [0.15, 0.2) is 0 Å². The molecule has 0 unspecified atom stereocenters. The second-order valence-electron chi connectivity index (χ2n) is 5.64. The summed E-state index contributed by atoms with van der Waals surface area (Å²) < 4.78 is 66.7. The number of alkyl halides is 3.